The molecule has 8 heteroatoms. The Kier molecular flexibility index (Phi) is 3.76. The number of rotatable bonds is 1. The molecule has 0 amide bonds. The topological polar surface area (TPSA) is 78.7 Å². The van der Waals surface area contributed by atoms with Gasteiger partial charge in [-0.2, -0.15) is 4.98 Å². The Morgan fingerprint density at radius 2 is 2.08 bits per heavy atom. The molecule has 1 aliphatic carbocycles. The molecule has 4 rings (SSSR count). The fraction of sp³-hybridized carbons (Fsp3) is 0.312. The van der Waals surface area contributed by atoms with Crippen LogP contribution in [-0.4, -0.2) is 19.1 Å². The summed E-state index contributed by atoms with van der Waals surface area (Å²) < 4.78 is 4.96. The largest absolute Gasteiger partial charge is 0.369 e. The van der Waals surface area contributed by atoms with Gasteiger partial charge in [0, 0.05) is 11.5 Å². The summed E-state index contributed by atoms with van der Waals surface area (Å²) in [4.78, 5) is 21.3. The van der Waals surface area contributed by atoms with Gasteiger partial charge in [0.1, 0.15) is 0 Å². The predicted molar refractivity (Wildman–Crippen MR) is 100 cm³/mol. The molecule has 1 aliphatic rings. The molecule has 0 bridgehead atoms. The van der Waals surface area contributed by atoms with Gasteiger partial charge >= 0.3 is 0 Å². The van der Waals surface area contributed by atoms with Crippen LogP contribution in [0.25, 0.3) is 11.2 Å². The van der Waals surface area contributed by atoms with Crippen molar-refractivity contribution in [2.24, 2.45) is 7.05 Å². The number of anilines is 1. The van der Waals surface area contributed by atoms with Crippen LogP contribution in [0.15, 0.2) is 32.2 Å². The molecule has 3 aromatic rings. The number of nitrogen functional groups attached to an aromatic ring is 1. The zero-order valence-corrected chi connectivity index (χ0v) is 16.1. The molecule has 6 nitrogen and oxygen atoms in total. The van der Waals surface area contributed by atoms with Gasteiger partial charge in [0.25, 0.3) is 5.56 Å². The van der Waals surface area contributed by atoms with Gasteiger partial charge in [-0.05, 0) is 52.4 Å². The van der Waals surface area contributed by atoms with Gasteiger partial charge in [-0.1, -0.05) is 28.1 Å². The fourth-order valence-corrected chi connectivity index (χ4v) is 4.70. The summed E-state index contributed by atoms with van der Waals surface area (Å²) in [7, 11) is 1.60. The number of nitrogens with two attached hydrogens (primary N) is 1. The maximum absolute atomic E-state index is 12.4. The second-order valence-corrected chi connectivity index (χ2v) is 7.54. The number of hydrogen-bond donors (Lipinski definition) is 1. The molecule has 24 heavy (non-hydrogen) atoms. The van der Waals surface area contributed by atoms with Crippen LogP contribution in [0.4, 0.5) is 5.95 Å². The lowest BCUT2D eigenvalue weighted by atomic mass is 9.87. The number of fused-ring (bicyclic) bond motifs is 2. The van der Waals surface area contributed by atoms with Crippen LogP contribution in [0.2, 0.25) is 0 Å². The average Bonchev–Trinajstić information content (AvgIpc) is 2.89. The van der Waals surface area contributed by atoms with E-state index in [0.717, 1.165) is 23.7 Å². The van der Waals surface area contributed by atoms with Gasteiger partial charge in [-0.15, -0.1) is 0 Å². The van der Waals surface area contributed by atoms with Crippen molar-refractivity contribution < 1.29 is 0 Å². The van der Waals surface area contributed by atoms with E-state index in [0.29, 0.717) is 15.9 Å². The van der Waals surface area contributed by atoms with Crippen molar-refractivity contribution in [2.45, 2.75) is 25.3 Å². The highest BCUT2D eigenvalue weighted by atomic mass is 79.9. The SMILES string of the molecule is Cn1c(N)nc2c(nc(Br)n2C2CCCc3cccc(Br)c32)c1=O. The molecule has 0 aliphatic heterocycles. The summed E-state index contributed by atoms with van der Waals surface area (Å²) >= 11 is 7.19. The Morgan fingerprint density at radius 1 is 1.29 bits per heavy atom. The first-order valence-electron chi connectivity index (χ1n) is 7.66. The van der Waals surface area contributed by atoms with Gasteiger partial charge in [-0.3, -0.25) is 13.9 Å². The Morgan fingerprint density at radius 3 is 2.88 bits per heavy atom. The van der Waals surface area contributed by atoms with Crippen LogP contribution < -0.4 is 11.3 Å². The van der Waals surface area contributed by atoms with Crippen molar-refractivity contribution in [3.63, 3.8) is 0 Å². The number of aromatic nitrogens is 4. The van der Waals surface area contributed by atoms with Crippen LogP contribution in [-0.2, 0) is 13.5 Å². The Bertz CT molecular complexity index is 1020. The molecular weight excluding hydrogens is 438 g/mol. The summed E-state index contributed by atoms with van der Waals surface area (Å²) in [6.07, 6.45) is 3.07. The lowest BCUT2D eigenvalue weighted by molar-refractivity contribution is 0.488. The standard InChI is InChI=1S/C16H15Br2N5O/c1-22-14(24)12-13(21-16(22)19)23(15(18)20-12)10-7-3-5-8-4-2-6-9(17)11(8)10/h2,4,6,10H,3,5,7H2,1H3,(H2,19,21). The predicted octanol–water partition coefficient (Wildman–Crippen LogP) is 3.16. The van der Waals surface area contributed by atoms with Crippen LogP contribution in [0, 0.1) is 0 Å². The molecular formula is C16H15Br2N5O. The van der Waals surface area contributed by atoms with Crippen LogP contribution in [0.3, 0.4) is 0 Å². The second kappa shape index (κ2) is 5.70. The summed E-state index contributed by atoms with van der Waals surface area (Å²) in [5.41, 5.74) is 9.06. The highest BCUT2D eigenvalue weighted by Crippen LogP contribution is 2.40. The fourth-order valence-electron chi connectivity index (χ4n) is 3.43. The molecule has 0 radical (unpaired) electrons. The smallest absolute Gasteiger partial charge is 0.282 e. The maximum Gasteiger partial charge on any atom is 0.282 e. The van der Waals surface area contributed by atoms with E-state index in [9.17, 15) is 4.79 Å². The first kappa shape index (κ1) is 15.8. The number of halogens is 2. The number of aryl methyl sites for hydroxylation is 1. The van der Waals surface area contributed by atoms with Crippen LogP contribution >= 0.6 is 31.9 Å². The molecule has 2 heterocycles. The van der Waals surface area contributed by atoms with E-state index < -0.39 is 0 Å². The van der Waals surface area contributed by atoms with E-state index >= 15 is 0 Å². The molecule has 0 spiro atoms. The minimum Gasteiger partial charge on any atom is -0.369 e. The maximum atomic E-state index is 12.4. The normalized spacial score (nSPS) is 17.2. The summed E-state index contributed by atoms with van der Waals surface area (Å²) in [6, 6.07) is 6.31. The third-order valence-corrected chi connectivity index (χ3v) is 5.88. The lowest BCUT2D eigenvalue weighted by Gasteiger charge is -2.28. The molecule has 1 atom stereocenters. The number of nitrogens with zero attached hydrogens (tertiary/aromatic N) is 4. The van der Waals surface area contributed by atoms with Gasteiger partial charge in [0.15, 0.2) is 15.9 Å². The first-order chi connectivity index (χ1) is 11.5. The number of hydrogen-bond acceptors (Lipinski definition) is 4. The van der Waals surface area contributed by atoms with E-state index in [4.69, 9.17) is 5.73 Å². The van der Waals surface area contributed by atoms with E-state index in [2.05, 4.69) is 54.0 Å². The quantitative estimate of drug-likeness (QED) is 0.575. The Labute approximate surface area is 155 Å². The monoisotopic (exact) mass is 451 g/mol. The third kappa shape index (κ3) is 2.23. The van der Waals surface area contributed by atoms with Crippen molar-refractivity contribution >= 4 is 49.0 Å². The minimum atomic E-state index is -0.236. The lowest BCUT2D eigenvalue weighted by Crippen LogP contribution is -2.23. The zero-order chi connectivity index (χ0) is 17.0. The van der Waals surface area contributed by atoms with Crippen molar-refractivity contribution in [1.82, 2.24) is 19.1 Å². The zero-order valence-electron chi connectivity index (χ0n) is 13.0. The van der Waals surface area contributed by atoms with Crippen molar-refractivity contribution in [1.29, 1.82) is 0 Å². The van der Waals surface area contributed by atoms with Gasteiger partial charge < -0.3 is 5.73 Å². The summed E-state index contributed by atoms with van der Waals surface area (Å²) in [5, 5.41) is 0. The number of imidazole rings is 1. The first-order valence-corrected chi connectivity index (χ1v) is 9.25. The molecule has 0 saturated carbocycles. The van der Waals surface area contributed by atoms with E-state index in [-0.39, 0.29) is 17.5 Å². The molecule has 2 N–H and O–H groups in total. The van der Waals surface area contributed by atoms with Crippen molar-refractivity contribution in [3.05, 3.63) is 48.9 Å². The highest BCUT2D eigenvalue weighted by molar-refractivity contribution is 9.10. The molecule has 1 aromatic carbocycles. The van der Waals surface area contributed by atoms with Crippen LogP contribution in [0.1, 0.15) is 30.0 Å². The van der Waals surface area contributed by atoms with Gasteiger partial charge in [0.2, 0.25) is 5.95 Å². The minimum absolute atomic E-state index is 0.0581. The van der Waals surface area contributed by atoms with Gasteiger partial charge in [-0.25, -0.2) is 4.98 Å². The molecule has 124 valence electrons. The molecule has 0 saturated heterocycles. The highest BCUT2D eigenvalue weighted by Gasteiger charge is 2.28. The van der Waals surface area contributed by atoms with Crippen LogP contribution in [0.5, 0.6) is 0 Å². The average molecular weight is 453 g/mol. The van der Waals surface area contributed by atoms with E-state index in [1.54, 1.807) is 7.05 Å². The third-order valence-electron chi connectivity index (χ3n) is 4.63. The Hall–Kier alpha value is -1.67. The summed E-state index contributed by atoms with van der Waals surface area (Å²) in [5.74, 6) is 0.185. The van der Waals surface area contributed by atoms with Crippen molar-refractivity contribution in [3.8, 4) is 0 Å². The van der Waals surface area contributed by atoms with E-state index in [1.165, 1.54) is 15.7 Å². The molecule has 0 fully saturated rings. The molecule has 1 unspecified atom stereocenters. The Balaban J connectivity index is 2.03. The molecule has 2 aromatic heterocycles. The second-order valence-electron chi connectivity index (χ2n) is 5.98. The number of benzene rings is 1. The van der Waals surface area contributed by atoms with E-state index in [1.807, 2.05) is 10.6 Å². The van der Waals surface area contributed by atoms with Crippen molar-refractivity contribution in [2.75, 3.05) is 5.73 Å². The van der Waals surface area contributed by atoms with Gasteiger partial charge in [0.05, 0.1) is 6.04 Å². The summed E-state index contributed by atoms with van der Waals surface area (Å²) in [6.45, 7) is 0.